The molecular weight excluding hydrogens is 296 g/mol. The topological polar surface area (TPSA) is 18.5 Å². The molecule has 1 unspecified atom stereocenters. The minimum atomic E-state index is 0.170. The fourth-order valence-corrected chi connectivity index (χ4v) is 3.98. The van der Waals surface area contributed by atoms with Gasteiger partial charge in [0.1, 0.15) is 17.6 Å². The average molecular weight is 322 g/mol. The minimum absolute atomic E-state index is 0.170. The molecule has 4 rings (SSSR count). The van der Waals surface area contributed by atoms with Crippen LogP contribution in [0.1, 0.15) is 61.3 Å². The largest absolute Gasteiger partial charge is 0.490 e. The highest BCUT2D eigenvalue weighted by atomic mass is 16.5. The van der Waals surface area contributed by atoms with Gasteiger partial charge in [0, 0.05) is 0 Å². The van der Waals surface area contributed by atoms with Gasteiger partial charge in [0.2, 0.25) is 0 Å². The van der Waals surface area contributed by atoms with Crippen molar-refractivity contribution in [2.24, 2.45) is 0 Å². The third-order valence-corrected chi connectivity index (χ3v) is 5.37. The van der Waals surface area contributed by atoms with Crippen LogP contribution in [0.4, 0.5) is 0 Å². The van der Waals surface area contributed by atoms with Crippen molar-refractivity contribution in [2.45, 2.75) is 64.1 Å². The Morgan fingerprint density at radius 2 is 1.79 bits per heavy atom. The second-order valence-corrected chi connectivity index (χ2v) is 7.15. The summed E-state index contributed by atoms with van der Waals surface area (Å²) < 4.78 is 12.5. The molecule has 2 aromatic carbocycles. The summed E-state index contributed by atoms with van der Waals surface area (Å²) in [6.07, 6.45) is 9.02. The normalized spacial score (nSPS) is 21.0. The van der Waals surface area contributed by atoms with E-state index in [1.165, 1.54) is 48.8 Å². The molecule has 1 fully saturated rings. The first-order chi connectivity index (χ1) is 11.8. The zero-order chi connectivity index (χ0) is 16.4. The van der Waals surface area contributed by atoms with E-state index in [0.717, 1.165) is 24.3 Å². The van der Waals surface area contributed by atoms with Gasteiger partial charge in [-0.05, 0) is 80.3 Å². The van der Waals surface area contributed by atoms with Gasteiger partial charge in [0.05, 0.1) is 6.10 Å². The third kappa shape index (κ3) is 3.28. The van der Waals surface area contributed by atoms with Crippen molar-refractivity contribution in [1.29, 1.82) is 0 Å². The Morgan fingerprint density at radius 3 is 2.62 bits per heavy atom. The molecule has 24 heavy (non-hydrogen) atoms. The minimum Gasteiger partial charge on any atom is -0.490 e. The van der Waals surface area contributed by atoms with Gasteiger partial charge in [-0.15, -0.1) is 0 Å². The lowest BCUT2D eigenvalue weighted by atomic mass is 9.94. The molecule has 2 aliphatic rings. The number of hydrogen-bond acceptors (Lipinski definition) is 2. The summed E-state index contributed by atoms with van der Waals surface area (Å²) in [5, 5.41) is 0. The smallest absolute Gasteiger partial charge is 0.124 e. The van der Waals surface area contributed by atoms with E-state index in [1.54, 1.807) is 0 Å². The van der Waals surface area contributed by atoms with Crippen molar-refractivity contribution in [3.63, 3.8) is 0 Å². The van der Waals surface area contributed by atoms with Crippen LogP contribution in [-0.4, -0.2) is 6.10 Å². The lowest BCUT2D eigenvalue weighted by molar-refractivity contribution is 0.152. The second-order valence-electron chi connectivity index (χ2n) is 7.15. The summed E-state index contributed by atoms with van der Waals surface area (Å²) in [7, 11) is 0. The Bertz CT molecular complexity index is 701. The summed E-state index contributed by atoms with van der Waals surface area (Å²) in [6, 6.07) is 14.9. The van der Waals surface area contributed by atoms with Gasteiger partial charge in [-0.3, -0.25) is 0 Å². The second kappa shape index (κ2) is 6.88. The number of ether oxygens (including phenoxy) is 2. The van der Waals surface area contributed by atoms with Crippen LogP contribution in [0, 0.1) is 6.92 Å². The Kier molecular flexibility index (Phi) is 4.46. The number of aryl methyl sites for hydroxylation is 2. The van der Waals surface area contributed by atoms with Crippen molar-refractivity contribution in [2.75, 3.05) is 0 Å². The van der Waals surface area contributed by atoms with Crippen molar-refractivity contribution in [3.05, 3.63) is 59.2 Å². The molecule has 1 aliphatic heterocycles. The molecule has 126 valence electrons. The summed E-state index contributed by atoms with van der Waals surface area (Å²) >= 11 is 0. The van der Waals surface area contributed by atoms with Gasteiger partial charge in [-0.1, -0.05) is 30.7 Å². The first-order valence-corrected chi connectivity index (χ1v) is 9.31. The van der Waals surface area contributed by atoms with Gasteiger partial charge in [0.25, 0.3) is 0 Å². The Labute approximate surface area is 144 Å². The highest BCUT2D eigenvalue weighted by Gasteiger charge is 2.23. The molecular formula is C22H26O2. The molecule has 0 saturated heterocycles. The third-order valence-electron chi connectivity index (χ3n) is 5.37. The molecule has 0 aromatic heterocycles. The molecule has 2 heteroatoms. The van der Waals surface area contributed by atoms with Gasteiger partial charge in [-0.2, -0.15) is 0 Å². The summed E-state index contributed by atoms with van der Waals surface area (Å²) in [4.78, 5) is 0. The molecule has 0 radical (unpaired) electrons. The molecule has 1 aliphatic carbocycles. The Morgan fingerprint density at radius 1 is 0.958 bits per heavy atom. The van der Waals surface area contributed by atoms with Crippen LogP contribution in [0.2, 0.25) is 0 Å². The number of rotatable bonds is 3. The van der Waals surface area contributed by atoms with E-state index < -0.39 is 0 Å². The van der Waals surface area contributed by atoms with E-state index in [4.69, 9.17) is 9.47 Å². The van der Waals surface area contributed by atoms with Gasteiger partial charge in [-0.25, -0.2) is 0 Å². The molecule has 1 atom stereocenters. The lowest BCUT2D eigenvalue weighted by Gasteiger charge is -2.28. The highest BCUT2D eigenvalue weighted by molar-refractivity contribution is 5.43. The number of fused-ring (bicyclic) bond motifs is 1. The van der Waals surface area contributed by atoms with Gasteiger partial charge < -0.3 is 9.47 Å². The molecule has 2 nitrogen and oxygen atoms in total. The maximum atomic E-state index is 6.29. The standard InChI is InChI=1S/C22H26O2/c1-16-7-5-6-10-20(16)22-13-11-17-15-19(12-14-21(17)24-22)23-18-8-3-2-4-9-18/h5-7,10,12,14-15,18,22H,2-4,8-9,11,13H2,1H3. The maximum absolute atomic E-state index is 6.29. The quantitative estimate of drug-likeness (QED) is 0.714. The van der Waals surface area contributed by atoms with E-state index in [0.29, 0.717) is 6.10 Å². The predicted molar refractivity (Wildman–Crippen MR) is 96.8 cm³/mol. The van der Waals surface area contributed by atoms with Gasteiger partial charge in [0.15, 0.2) is 0 Å². The van der Waals surface area contributed by atoms with Crippen LogP contribution in [0.25, 0.3) is 0 Å². The van der Waals surface area contributed by atoms with Crippen LogP contribution >= 0.6 is 0 Å². The average Bonchev–Trinajstić information content (AvgIpc) is 2.63. The van der Waals surface area contributed by atoms with Crippen LogP contribution in [0.3, 0.4) is 0 Å². The summed E-state index contributed by atoms with van der Waals surface area (Å²) in [5.41, 5.74) is 3.90. The fraction of sp³-hybridized carbons (Fsp3) is 0.455. The Balaban J connectivity index is 1.48. The summed E-state index contributed by atoms with van der Waals surface area (Å²) in [5.74, 6) is 2.03. The molecule has 1 heterocycles. The van der Waals surface area contributed by atoms with E-state index in [1.807, 2.05) is 0 Å². The van der Waals surface area contributed by atoms with E-state index in [2.05, 4.69) is 49.4 Å². The van der Waals surface area contributed by atoms with Gasteiger partial charge >= 0.3 is 0 Å². The molecule has 0 bridgehead atoms. The lowest BCUT2D eigenvalue weighted by Crippen LogP contribution is -2.20. The van der Waals surface area contributed by atoms with Crippen LogP contribution < -0.4 is 9.47 Å². The molecule has 0 amide bonds. The molecule has 0 spiro atoms. The van der Waals surface area contributed by atoms with E-state index in [-0.39, 0.29) is 6.10 Å². The zero-order valence-corrected chi connectivity index (χ0v) is 14.5. The fourth-order valence-electron chi connectivity index (χ4n) is 3.98. The van der Waals surface area contributed by atoms with Crippen LogP contribution in [0.15, 0.2) is 42.5 Å². The van der Waals surface area contributed by atoms with Crippen molar-refractivity contribution >= 4 is 0 Å². The van der Waals surface area contributed by atoms with E-state index in [9.17, 15) is 0 Å². The maximum Gasteiger partial charge on any atom is 0.124 e. The number of hydrogen-bond donors (Lipinski definition) is 0. The monoisotopic (exact) mass is 322 g/mol. The Hall–Kier alpha value is -1.96. The van der Waals surface area contributed by atoms with Crippen LogP contribution in [0.5, 0.6) is 11.5 Å². The first-order valence-electron chi connectivity index (χ1n) is 9.31. The number of benzene rings is 2. The van der Waals surface area contributed by atoms with Crippen molar-refractivity contribution in [3.8, 4) is 11.5 Å². The SMILES string of the molecule is Cc1ccccc1C1CCc2cc(OC3CCCCC3)ccc2O1. The highest BCUT2D eigenvalue weighted by Crippen LogP contribution is 2.38. The van der Waals surface area contributed by atoms with Crippen LogP contribution in [-0.2, 0) is 6.42 Å². The van der Waals surface area contributed by atoms with Crippen molar-refractivity contribution in [1.82, 2.24) is 0 Å². The molecule has 2 aromatic rings. The summed E-state index contributed by atoms with van der Waals surface area (Å²) in [6.45, 7) is 2.16. The van der Waals surface area contributed by atoms with Crippen molar-refractivity contribution < 1.29 is 9.47 Å². The van der Waals surface area contributed by atoms with E-state index >= 15 is 0 Å². The zero-order valence-electron chi connectivity index (χ0n) is 14.5. The molecule has 1 saturated carbocycles. The molecule has 0 N–H and O–H groups in total. The predicted octanol–water partition coefficient (Wildman–Crippen LogP) is 5.77. The first kappa shape index (κ1) is 15.6.